The SMILES string of the molecule is C=CS(=O)(=O)NC1CCN(c2nc(N3CCN(C(C)=O)CC3)c3cc(Cl)c(-c4c(O)cccc4F)c(F)c3n2)C1. The van der Waals surface area contributed by atoms with Gasteiger partial charge in [0.15, 0.2) is 5.82 Å². The molecular weight excluding hydrogens is 566 g/mol. The van der Waals surface area contributed by atoms with Crippen molar-refractivity contribution in [1.29, 1.82) is 0 Å². The van der Waals surface area contributed by atoms with Crippen molar-refractivity contribution in [2.75, 3.05) is 49.1 Å². The van der Waals surface area contributed by atoms with Crippen LogP contribution in [0.1, 0.15) is 13.3 Å². The molecule has 40 heavy (non-hydrogen) atoms. The Bertz CT molecular complexity index is 1590. The summed E-state index contributed by atoms with van der Waals surface area (Å²) in [6.07, 6.45) is 0.457. The molecule has 3 heterocycles. The van der Waals surface area contributed by atoms with Crippen LogP contribution < -0.4 is 14.5 Å². The van der Waals surface area contributed by atoms with E-state index in [2.05, 4.69) is 16.3 Å². The number of piperazine rings is 1. The number of phenols is 1. The maximum Gasteiger partial charge on any atom is 0.233 e. The Morgan fingerprint density at radius 1 is 1.15 bits per heavy atom. The largest absolute Gasteiger partial charge is 0.507 e. The number of amides is 1. The zero-order valence-electron chi connectivity index (χ0n) is 21.6. The highest BCUT2D eigenvalue weighted by Crippen LogP contribution is 2.43. The smallest absolute Gasteiger partial charge is 0.233 e. The third kappa shape index (κ3) is 5.28. The lowest BCUT2D eigenvalue weighted by Gasteiger charge is -2.35. The van der Waals surface area contributed by atoms with Gasteiger partial charge in [0, 0.05) is 68.6 Å². The molecule has 1 aromatic heterocycles. The van der Waals surface area contributed by atoms with E-state index in [0.717, 1.165) is 11.5 Å². The van der Waals surface area contributed by atoms with Crippen LogP contribution in [0, 0.1) is 11.6 Å². The van der Waals surface area contributed by atoms with E-state index < -0.39 is 33.4 Å². The van der Waals surface area contributed by atoms with Gasteiger partial charge in [-0.3, -0.25) is 4.79 Å². The van der Waals surface area contributed by atoms with E-state index in [9.17, 15) is 22.7 Å². The van der Waals surface area contributed by atoms with Crippen LogP contribution in [0.4, 0.5) is 20.5 Å². The molecule has 1 unspecified atom stereocenters. The average molecular weight is 593 g/mol. The minimum Gasteiger partial charge on any atom is -0.507 e. The van der Waals surface area contributed by atoms with E-state index in [-0.39, 0.29) is 45.5 Å². The lowest BCUT2D eigenvalue weighted by molar-refractivity contribution is -0.129. The number of halogens is 3. The van der Waals surface area contributed by atoms with Crippen LogP contribution in [0.15, 0.2) is 36.3 Å². The lowest BCUT2D eigenvalue weighted by atomic mass is 10.0. The van der Waals surface area contributed by atoms with Gasteiger partial charge < -0.3 is 19.8 Å². The predicted octanol–water partition coefficient (Wildman–Crippen LogP) is 3.24. The van der Waals surface area contributed by atoms with Crippen LogP contribution in [0.2, 0.25) is 5.02 Å². The lowest BCUT2D eigenvalue weighted by Crippen LogP contribution is -2.48. The number of anilines is 2. The zero-order chi connectivity index (χ0) is 28.8. The molecular formula is C26H27ClF2N6O4S. The molecule has 0 bridgehead atoms. The van der Waals surface area contributed by atoms with Crippen molar-refractivity contribution in [3.63, 3.8) is 0 Å². The normalized spacial score (nSPS) is 18.0. The number of rotatable bonds is 6. The van der Waals surface area contributed by atoms with Crippen molar-refractivity contribution in [1.82, 2.24) is 19.6 Å². The van der Waals surface area contributed by atoms with Crippen LogP contribution in [-0.2, 0) is 14.8 Å². The second-order valence-corrected chi connectivity index (χ2v) is 11.7. The molecule has 2 fully saturated rings. The summed E-state index contributed by atoms with van der Waals surface area (Å²) in [6, 6.07) is 4.63. The van der Waals surface area contributed by atoms with E-state index in [0.29, 0.717) is 45.0 Å². The van der Waals surface area contributed by atoms with Crippen molar-refractivity contribution in [3.05, 3.63) is 52.9 Å². The number of carbonyl (C=O) groups is 1. The molecule has 5 rings (SSSR count). The number of phenolic OH excluding ortho intramolecular Hbond substituents is 1. The van der Waals surface area contributed by atoms with Crippen LogP contribution in [0.3, 0.4) is 0 Å². The summed E-state index contributed by atoms with van der Waals surface area (Å²) in [6.45, 7) is 7.13. The van der Waals surface area contributed by atoms with Crippen molar-refractivity contribution >= 4 is 50.2 Å². The molecule has 10 nitrogen and oxygen atoms in total. The number of nitrogens with one attached hydrogen (secondary N) is 1. The van der Waals surface area contributed by atoms with Crippen molar-refractivity contribution in [2.45, 2.75) is 19.4 Å². The van der Waals surface area contributed by atoms with Crippen molar-refractivity contribution < 1.29 is 27.1 Å². The second-order valence-electron chi connectivity index (χ2n) is 9.68. The number of carbonyl (C=O) groups excluding carboxylic acids is 1. The minimum absolute atomic E-state index is 0.0543. The maximum atomic E-state index is 16.3. The molecule has 14 heteroatoms. The molecule has 3 aromatic rings. The first-order valence-electron chi connectivity index (χ1n) is 12.6. The van der Waals surface area contributed by atoms with Gasteiger partial charge in [0.2, 0.25) is 21.9 Å². The van der Waals surface area contributed by atoms with Gasteiger partial charge in [0.1, 0.15) is 22.9 Å². The van der Waals surface area contributed by atoms with Gasteiger partial charge in [0.25, 0.3) is 0 Å². The first-order valence-corrected chi connectivity index (χ1v) is 14.5. The van der Waals surface area contributed by atoms with Crippen molar-refractivity contribution in [2.24, 2.45) is 0 Å². The van der Waals surface area contributed by atoms with Crippen LogP contribution in [0.25, 0.3) is 22.0 Å². The summed E-state index contributed by atoms with van der Waals surface area (Å²) in [4.78, 5) is 26.4. The number of aromatic nitrogens is 2. The highest BCUT2D eigenvalue weighted by Gasteiger charge is 2.31. The van der Waals surface area contributed by atoms with Gasteiger partial charge in [-0.05, 0) is 24.6 Å². The monoisotopic (exact) mass is 592 g/mol. The van der Waals surface area contributed by atoms with Gasteiger partial charge >= 0.3 is 0 Å². The number of benzene rings is 2. The van der Waals surface area contributed by atoms with Gasteiger partial charge in [-0.1, -0.05) is 24.2 Å². The van der Waals surface area contributed by atoms with Crippen molar-refractivity contribution in [3.8, 4) is 16.9 Å². The van der Waals surface area contributed by atoms with Gasteiger partial charge in [-0.25, -0.2) is 26.9 Å². The van der Waals surface area contributed by atoms with Gasteiger partial charge in [-0.2, -0.15) is 4.98 Å². The molecule has 2 aliphatic rings. The summed E-state index contributed by atoms with van der Waals surface area (Å²) in [7, 11) is -3.66. The number of nitrogens with zero attached hydrogens (tertiary/aromatic N) is 5. The molecule has 0 radical (unpaired) electrons. The Kier molecular flexibility index (Phi) is 7.55. The Hall–Kier alpha value is -3.55. The van der Waals surface area contributed by atoms with Gasteiger partial charge in [-0.15, -0.1) is 0 Å². The third-order valence-electron chi connectivity index (χ3n) is 7.14. The Balaban J connectivity index is 1.63. The number of hydrogen-bond donors (Lipinski definition) is 2. The molecule has 1 amide bonds. The first-order chi connectivity index (χ1) is 19.0. The predicted molar refractivity (Wildman–Crippen MR) is 149 cm³/mol. The number of sulfonamides is 1. The summed E-state index contributed by atoms with van der Waals surface area (Å²) in [5, 5.41) is 11.3. The Morgan fingerprint density at radius 3 is 2.52 bits per heavy atom. The summed E-state index contributed by atoms with van der Waals surface area (Å²) in [5.74, 6) is -1.79. The topological polar surface area (TPSA) is 119 Å². The maximum absolute atomic E-state index is 16.3. The molecule has 0 aliphatic carbocycles. The van der Waals surface area contributed by atoms with E-state index in [1.807, 2.05) is 4.90 Å². The average Bonchev–Trinajstić information content (AvgIpc) is 3.37. The molecule has 2 N–H and O–H groups in total. The van der Waals surface area contributed by atoms with Crippen LogP contribution in [0.5, 0.6) is 5.75 Å². The highest BCUT2D eigenvalue weighted by molar-refractivity contribution is 7.92. The van der Waals surface area contributed by atoms with Crippen LogP contribution in [-0.4, -0.2) is 79.6 Å². The highest BCUT2D eigenvalue weighted by atomic mass is 35.5. The summed E-state index contributed by atoms with van der Waals surface area (Å²) in [5.41, 5.74) is -0.852. The Labute approximate surface area is 234 Å². The van der Waals surface area contributed by atoms with E-state index in [1.165, 1.54) is 25.1 Å². The minimum atomic E-state index is -3.66. The number of fused-ring (bicyclic) bond motifs is 1. The van der Waals surface area contributed by atoms with E-state index >= 15 is 4.39 Å². The summed E-state index contributed by atoms with van der Waals surface area (Å²) >= 11 is 6.50. The fraction of sp³-hybridized carbons (Fsp3) is 0.346. The van der Waals surface area contributed by atoms with Crippen LogP contribution >= 0.6 is 11.6 Å². The molecule has 0 spiro atoms. The third-order valence-corrected chi connectivity index (χ3v) is 8.54. The fourth-order valence-electron chi connectivity index (χ4n) is 5.09. The molecule has 1 atom stereocenters. The molecule has 2 aromatic carbocycles. The fourth-order valence-corrected chi connectivity index (χ4v) is 6.13. The molecule has 0 saturated carbocycles. The molecule has 2 saturated heterocycles. The molecule has 212 valence electrons. The number of aromatic hydroxyl groups is 1. The summed E-state index contributed by atoms with van der Waals surface area (Å²) < 4.78 is 57.5. The quantitative estimate of drug-likeness (QED) is 0.448. The van der Waals surface area contributed by atoms with E-state index in [1.54, 1.807) is 9.80 Å². The zero-order valence-corrected chi connectivity index (χ0v) is 23.1. The Morgan fingerprint density at radius 2 is 1.88 bits per heavy atom. The standard InChI is InChI=1S/C26H27ClF2N6O4S/c1-3-40(38,39)32-16-7-8-35(14-16)26-30-24-17(25(31-26)34-11-9-33(10-12-34)15(2)36)13-18(27)21(23(24)29)22-19(28)5-4-6-20(22)37/h3-6,13,16,32,37H,1,7-12,14H2,2H3. The molecule has 2 aliphatic heterocycles. The number of hydrogen-bond acceptors (Lipinski definition) is 8. The second kappa shape index (κ2) is 10.8. The van der Waals surface area contributed by atoms with E-state index in [4.69, 9.17) is 16.6 Å². The van der Waals surface area contributed by atoms with Gasteiger partial charge in [0.05, 0.1) is 10.6 Å². The first kappa shape index (κ1) is 28.0.